The van der Waals surface area contributed by atoms with Crippen LogP contribution in [0.5, 0.6) is 0 Å². The lowest BCUT2D eigenvalue weighted by molar-refractivity contribution is -0.716. The van der Waals surface area contributed by atoms with E-state index in [1.807, 2.05) is 86.5 Å². The van der Waals surface area contributed by atoms with Gasteiger partial charge in [0.05, 0.1) is 41.4 Å². The molecule has 4 rings (SSSR count). The third kappa shape index (κ3) is 8.69. The smallest absolute Gasteiger partial charge is 0.372 e. The number of benzene rings is 2. The Hall–Kier alpha value is -4.61. The van der Waals surface area contributed by atoms with E-state index in [9.17, 15) is 8.42 Å². The lowest BCUT2D eigenvalue weighted by Gasteiger charge is -2.20. The molecule has 0 radical (unpaired) electrons. The SMILES string of the molecule is CN(CCOS(=O)(=O)OCCN(C)c1ccc(/N=N/c2n(C)cn[n+]2C)cc1)c1ccc(/N=N/c2n(C)cn[n+]2C)cc1. The Morgan fingerprint density at radius 2 is 1.07 bits per heavy atom. The van der Waals surface area contributed by atoms with E-state index < -0.39 is 10.4 Å². The van der Waals surface area contributed by atoms with E-state index >= 15 is 0 Å². The number of hydrogen-bond donors (Lipinski definition) is 0. The first kappa shape index (κ1) is 31.3. The highest BCUT2D eigenvalue weighted by Gasteiger charge is 2.15. The fourth-order valence-corrected chi connectivity index (χ4v) is 4.47. The minimum Gasteiger partial charge on any atom is -0.372 e. The van der Waals surface area contributed by atoms with Crippen LogP contribution < -0.4 is 19.2 Å². The number of anilines is 2. The zero-order valence-corrected chi connectivity index (χ0v) is 25.8. The predicted octanol–water partition coefficient (Wildman–Crippen LogP) is 2.48. The van der Waals surface area contributed by atoms with Crippen molar-refractivity contribution in [3.8, 4) is 0 Å². The van der Waals surface area contributed by atoms with Crippen molar-refractivity contribution < 1.29 is 26.1 Å². The highest BCUT2D eigenvalue weighted by atomic mass is 32.3. The molecule has 2 aromatic heterocycles. The molecule has 16 nitrogen and oxygen atoms in total. The number of likely N-dealkylation sites (N-methyl/N-ethyl adjacent to an activating group) is 2. The van der Waals surface area contributed by atoms with Crippen LogP contribution in [0, 0.1) is 0 Å². The predicted molar refractivity (Wildman–Crippen MR) is 157 cm³/mol. The van der Waals surface area contributed by atoms with E-state index in [1.165, 1.54) is 0 Å². The van der Waals surface area contributed by atoms with Gasteiger partial charge in [0.15, 0.2) is 12.7 Å². The van der Waals surface area contributed by atoms with Crippen molar-refractivity contribution in [3.63, 3.8) is 0 Å². The van der Waals surface area contributed by atoms with Gasteiger partial charge in [-0.05, 0) is 48.5 Å². The standard InChI is InChI=1S/C26H36N12O4S/c1-33(23-11-7-21(8-12-23)29-31-25-35(3)19-27-37(25)5)15-17-41-43(39,40)42-18-16-34(2)24-13-9-22(10-14-24)30-32-26-36(4)20-28-38(26)6/h7-14,19-20H,15-18H2,1-6H3/q+2. The molecule has 0 bridgehead atoms. The Labute approximate surface area is 250 Å². The third-order valence-electron chi connectivity index (χ3n) is 6.41. The first-order chi connectivity index (χ1) is 20.5. The normalized spacial score (nSPS) is 12.0. The van der Waals surface area contributed by atoms with Gasteiger partial charge in [-0.2, -0.15) is 8.42 Å². The summed E-state index contributed by atoms with van der Waals surface area (Å²) in [7, 11) is 6.78. The monoisotopic (exact) mass is 612 g/mol. The summed E-state index contributed by atoms with van der Waals surface area (Å²) in [5.41, 5.74) is 3.08. The molecule has 0 N–H and O–H groups in total. The Morgan fingerprint density at radius 3 is 1.40 bits per heavy atom. The molecule has 0 amide bonds. The van der Waals surface area contributed by atoms with Gasteiger partial charge in [-0.15, -0.1) is 9.36 Å². The van der Waals surface area contributed by atoms with E-state index in [4.69, 9.17) is 8.37 Å². The van der Waals surface area contributed by atoms with Crippen LogP contribution in [-0.2, 0) is 47.0 Å². The molecule has 2 aromatic carbocycles. The summed E-state index contributed by atoms with van der Waals surface area (Å²) in [6.45, 7) is 0.521. The van der Waals surface area contributed by atoms with Crippen molar-refractivity contribution >= 4 is 45.0 Å². The highest BCUT2D eigenvalue weighted by molar-refractivity contribution is 7.81. The second-order valence-corrected chi connectivity index (χ2v) is 10.9. The van der Waals surface area contributed by atoms with Crippen molar-refractivity contribution in [3.05, 3.63) is 61.2 Å². The van der Waals surface area contributed by atoms with Crippen molar-refractivity contribution in [1.82, 2.24) is 19.3 Å². The van der Waals surface area contributed by atoms with Crippen LogP contribution in [0.2, 0.25) is 0 Å². The van der Waals surface area contributed by atoms with Crippen LogP contribution >= 0.6 is 0 Å². The lowest BCUT2D eigenvalue weighted by atomic mass is 10.2. The number of rotatable bonds is 14. The molecule has 0 saturated carbocycles. The Balaban J connectivity index is 1.18. The second-order valence-electron chi connectivity index (χ2n) is 9.66. The van der Waals surface area contributed by atoms with Crippen LogP contribution in [0.4, 0.5) is 34.6 Å². The van der Waals surface area contributed by atoms with Gasteiger partial charge in [-0.3, -0.25) is 0 Å². The van der Waals surface area contributed by atoms with E-state index in [0.717, 1.165) is 11.4 Å². The maximum Gasteiger partial charge on any atom is 0.441 e. The molecule has 0 aliphatic heterocycles. The molecule has 0 unspecified atom stereocenters. The molecule has 0 spiro atoms. The van der Waals surface area contributed by atoms with Gasteiger partial charge in [0, 0.05) is 48.8 Å². The van der Waals surface area contributed by atoms with Crippen LogP contribution in [0.1, 0.15) is 0 Å². The van der Waals surface area contributed by atoms with Crippen LogP contribution in [0.25, 0.3) is 0 Å². The van der Waals surface area contributed by atoms with Crippen molar-refractivity contribution in [2.75, 3.05) is 50.2 Å². The van der Waals surface area contributed by atoms with E-state index in [2.05, 4.69) is 30.7 Å². The topological polar surface area (TPSA) is 152 Å². The van der Waals surface area contributed by atoms with Gasteiger partial charge in [-0.1, -0.05) is 20.4 Å². The Kier molecular flexibility index (Phi) is 10.2. The Bertz CT molecular complexity index is 1510. The summed E-state index contributed by atoms with van der Waals surface area (Å²) in [6.07, 6.45) is 3.30. The maximum atomic E-state index is 12.2. The summed E-state index contributed by atoms with van der Waals surface area (Å²) in [5, 5.41) is 25.1. The Morgan fingerprint density at radius 1 is 0.698 bits per heavy atom. The van der Waals surface area contributed by atoms with Crippen LogP contribution in [0.15, 0.2) is 81.6 Å². The van der Waals surface area contributed by atoms with Crippen molar-refractivity contribution in [2.45, 2.75) is 0 Å². The third-order valence-corrected chi connectivity index (χ3v) is 7.32. The average Bonchev–Trinajstić information content (AvgIpc) is 3.49. The molecule has 228 valence electrons. The molecule has 4 aromatic rings. The second kappa shape index (κ2) is 14.0. The molecule has 2 heterocycles. The molecular weight excluding hydrogens is 576 g/mol. The minimum absolute atomic E-state index is 0.0695. The summed E-state index contributed by atoms with van der Waals surface area (Å²) >= 11 is 0. The first-order valence-electron chi connectivity index (χ1n) is 13.3. The molecule has 0 aliphatic carbocycles. The highest BCUT2D eigenvalue weighted by Crippen LogP contribution is 2.22. The van der Waals surface area contributed by atoms with Crippen molar-refractivity contribution in [2.24, 2.45) is 48.6 Å². The van der Waals surface area contributed by atoms with Crippen LogP contribution in [-0.4, -0.2) is 68.1 Å². The van der Waals surface area contributed by atoms with Gasteiger partial charge in [0.1, 0.15) is 11.4 Å². The molecule has 0 atom stereocenters. The largest absolute Gasteiger partial charge is 0.441 e. The van der Waals surface area contributed by atoms with Gasteiger partial charge in [0.2, 0.25) is 0 Å². The molecule has 17 heteroatoms. The number of nitrogens with zero attached hydrogens (tertiary/aromatic N) is 12. The fourth-order valence-electron chi connectivity index (χ4n) is 3.84. The van der Waals surface area contributed by atoms with Gasteiger partial charge < -0.3 is 9.80 Å². The van der Waals surface area contributed by atoms with E-state index in [1.54, 1.807) is 45.2 Å². The zero-order chi connectivity index (χ0) is 31.0. The zero-order valence-electron chi connectivity index (χ0n) is 25.0. The van der Waals surface area contributed by atoms with Crippen LogP contribution in [0.3, 0.4) is 0 Å². The summed E-state index contributed by atoms with van der Waals surface area (Å²) in [4.78, 5) is 3.73. The molecule has 0 aliphatic rings. The molecular formula is C26H36N12O4S+2. The summed E-state index contributed by atoms with van der Waals surface area (Å²) in [5.74, 6) is 1.22. The first-order valence-corrected chi connectivity index (χ1v) is 14.6. The number of aromatic nitrogens is 6. The molecule has 0 saturated heterocycles. The molecule has 43 heavy (non-hydrogen) atoms. The number of aryl methyl sites for hydroxylation is 4. The fraction of sp³-hybridized carbons (Fsp3) is 0.385. The quantitative estimate of drug-likeness (QED) is 0.156. The van der Waals surface area contributed by atoms with E-state index in [0.29, 0.717) is 36.4 Å². The molecule has 0 fully saturated rings. The van der Waals surface area contributed by atoms with Gasteiger partial charge >= 0.3 is 22.3 Å². The minimum atomic E-state index is -4.15. The number of hydrogen-bond acceptors (Lipinski definition) is 12. The average molecular weight is 613 g/mol. The lowest BCUT2D eigenvalue weighted by Crippen LogP contribution is -2.29. The van der Waals surface area contributed by atoms with E-state index in [-0.39, 0.29) is 13.2 Å². The summed E-state index contributed by atoms with van der Waals surface area (Å²) in [6, 6.07) is 14.8. The van der Waals surface area contributed by atoms with Gasteiger partial charge in [-0.25, -0.2) is 17.5 Å². The number of azo groups is 2. The van der Waals surface area contributed by atoms with Gasteiger partial charge in [0.25, 0.3) is 0 Å². The maximum absolute atomic E-state index is 12.2. The van der Waals surface area contributed by atoms with Crippen molar-refractivity contribution in [1.29, 1.82) is 0 Å². The summed E-state index contributed by atoms with van der Waals surface area (Å²) < 4.78 is 41.4.